The Morgan fingerprint density at radius 1 is 1.08 bits per heavy atom. The molecule has 1 aliphatic rings. The van der Waals surface area contributed by atoms with Crippen molar-refractivity contribution in [2.75, 3.05) is 13.2 Å². The molecular formula is C19H17ClN2O3S. The highest BCUT2D eigenvalue weighted by molar-refractivity contribution is 8.18. The van der Waals surface area contributed by atoms with Crippen LogP contribution in [0.5, 0.6) is 11.5 Å². The number of thioether (sulfide) groups is 1. The van der Waals surface area contributed by atoms with Gasteiger partial charge in [-0.3, -0.25) is 10.2 Å². The van der Waals surface area contributed by atoms with Crippen LogP contribution in [0.3, 0.4) is 0 Å². The molecule has 7 heteroatoms. The highest BCUT2D eigenvalue weighted by atomic mass is 35.5. The maximum atomic E-state index is 11.6. The number of hydrogen-bond acceptors (Lipinski definition) is 5. The molecule has 2 N–H and O–H groups in total. The largest absolute Gasteiger partial charge is 0.493 e. The van der Waals surface area contributed by atoms with Crippen molar-refractivity contribution in [3.05, 3.63) is 64.0 Å². The molecule has 1 saturated heterocycles. The van der Waals surface area contributed by atoms with Crippen LogP contribution in [0.4, 0.5) is 0 Å². The molecule has 1 heterocycles. The average Bonchev–Trinajstić information content (AvgIpc) is 2.95. The summed E-state index contributed by atoms with van der Waals surface area (Å²) < 4.78 is 11.3. The number of halogens is 1. The van der Waals surface area contributed by atoms with E-state index in [9.17, 15) is 4.79 Å². The summed E-state index contributed by atoms with van der Waals surface area (Å²) in [4.78, 5) is 12.1. The zero-order valence-corrected chi connectivity index (χ0v) is 15.4. The fourth-order valence-corrected chi connectivity index (χ4v) is 3.14. The van der Waals surface area contributed by atoms with Crippen LogP contribution >= 0.6 is 23.4 Å². The molecule has 0 unspecified atom stereocenters. The molecule has 1 fully saturated rings. The number of para-hydroxylation sites is 1. The second-order valence-electron chi connectivity index (χ2n) is 5.44. The number of amidine groups is 1. The Kier molecular flexibility index (Phi) is 6.20. The number of carbonyl (C=O) groups excluding carboxylic acids is 1. The van der Waals surface area contributed by atoms with Gasteiger partial charge in [0, 0.05) is 6.42 Å². The lowest BCUT2D eigenvalue weighted by Gasteiger charge is -2.09. The summed E-state index contributed by atoms with van der Waals surface area (Å²) in [6, 6.07) is 14.8. The molecule has 2 aromatic rings. The summed E-state index contributed by atoms with van der Waals surface area (Å²) in [5, 5.41) is 10.6. The fraction of sp³-hybridized carbons (Fsp3) is 0.158. The third-order valence-electron chi connectivity index (χ3n) is 3.49. The van der Waals surface area contributed by atoms with Gasteiger partial charge in [0.1, 0.15) is 11.5 Å². The lowest BCUT2D eigenvalue weighted by molar-refractivity contribution is -0.115. The molecule has 3 rings (SSSR count). The maximum Gasteiger partial charge on any atom is 0.264 e. The van der Waals surface area contributed by atoms with E-state index in [2.05, 4.69) is 5.32 Å². The predicted molar refractivity (Wildman–Crippen MR) is 105 cm³/mol. The van der Waals surface area contributed by atoms with E-state index in [0.717, 1.165) is 29.5 Å². The first-order valence-corrected chi connectivity index (χ1v) is 9.21. The molecular weight excluding hydrogens is 372 g/mol. The van der Waals surface area contributed by atoms with Gasteiger partial charge < -0.3 is 14.8 Å². The lowest BCUT2D eigenvalue weighted by atomic mass is 10.2. The Morgan fingerprint density at radius 3 is 2.50 bits per heavy atom. The summed E-state index contributed by atoms with van der Waals surface area (Å²) in [6.07, 6.45) is 2.48. The second-order valence-corrected chi connectivity index (χ2v) is 6.90. The second kappa shape index (κ2) is 8.78. The third kappa shape index (κ3) is 5.03. The molecule has 5 nitrogen and oxygen atoms in total. The van der Waals surface area contributed by atoms with Gasteiger partial charge in [0.05, 0.1) is 23.1 Å². The molecule has 0 saturated carbocycles. The van der Waals surface area contributed by atoms with Crippen molar-refractivity contribution >= 4 is 40.5 Å². The summed E-state index contributed by atoms with van der Waals surface area (Å²) in [7, 11) is 0. The third-order valence-corrected chi connectivity index (χ3v) is 4.63. The molecule has 0 spiro atoms. The molecule has 1 aliphatic heterocycles. The minimum Gasteiger partial charge on any atom is -0.493 e. The number of rotatable bonds is 7. The van der Waals surface area contributed by atoms with Gasteiger partial charge in [0.25, 0.3) is 5.91 Å². The van der Waals surface area contributed by atoms with Crippen molar-refractivity contribution < 1.29 is 14.3 Å². The monoisotopic (exact) mass is 388 g/mol. The van der Waals surface area contributed by atoms with Crippen molar-refractivity contribution in [1.82, 2.24) is 5.32 Å². The van der Waals surface area contributed by atoms with Crippen LogP contribution in [0, 0.1) is 5.41 Å². The van der Waals surface area contributed by atoms with Gasteiger partial charge in [0.2, 0.25) is 0 Å². The summed E-state index contributed by atoms with van der Waals surface area (Å²) >= 11 is 7.15. The van der Waals surface area contributed by atoms with Crippen molar-refractivity contribution in [3.63, 3.8) is 0 Å². The minimum atomic E-state index is -0.237. The van der Waals surface area contributed by atoms with Gasteiger partial charge in [-0.25, -0.2) is 0 Å². The average molecular weight is 389 g/mol. The molecule has 0 bridgehead atoms. The number of nitrogens with one attached hydrogen (secondary N) is 2. The Hall–Kier alpha value is -2.44. The molecule has 0 aliphatic carbocycles. The van der Waals surface area contributed by atoms with E-state index in [1.54, 1.807) is 12.1 Å². The predicted octanol–water partition coefficient (Wildman–Crippen LogP) is 4.33. The topological polar surface area (TPSA) is 71.4 Å². The van der Waals surface area contributed by atoms with Crippen molar-refractivity contribution in [2.24, 2.45) is 0 Å². The number of hydrogen-bond donors (Lipinski definition) is 2. The molecule has 0 atom stereocenters. The summed E-state index contributed by atoms with van der Waals surface area (Å²) in [5.41, 5.74) is 0.881. The first kappa shape index (κ1) is 18.4. The Morgan fingerprint density at radius 2 is 1.81 bits per heavy atom. The number of carbonyl (C=O) groups is 1. The molecule has 1 amide bonds. The van der Waals surface area contributed by atoms with E-state index in [0.29, 0.717) is 28.9 Å². The Balaban J connectivity index is 1.43. The first-order valence-electron chi connectivity index (χ1n) is 8.01. The van der Waals surface area contributed by atoms with Crippen LogP contribution in [0.2, 0.25) is 5.02 Å². The first-order chi connectivity index (χ1) is 12.6. The number of ether oxygens (including phenoxy) is 2. The van der Waals surface area contributed by atoms with Gasteiger partial charge >= 0.3 is 0 Å². The fourth-order valence-electron chi connectivity index (χ4n) is 2.25. The molecule has 0 aromatic heterocycles. The van der Waals surface area contributed by atoms with Crippen LogP contribution in [0.1, 0.15) is 12.0 Å². The standard InChI is InChI=1S/C19H17ClN2O3S/c20-15-4-1-2-5-16(15)25-11-3-10-24-14-8-6-13(7-9-14)12-17-18(23)22-19(21)26-17/h1-2,4-9,12H,3,10-11H2,(H2,21,22,23). The summed E-state index contributed by atoms with van der Waals surface area (Å²) in [6.45, 7) is 1.05. The van der Waals surface area contributed by atoms with Gasteiger partial charge in [0.15, 0.2) is 5.17 Å². The quantitative estimate of drug-likeness (QED) is 0.547. The normalized spacial score (nSPS) is 15.2. The van der Waals surface area contributed by atoms with E-state index >= 15 is 0 Å². The SMILES string of the molecule is N=C1NC(=O)C(=Cc2ccc(OCCCOc3ccccc3Cl)cc2)S1. The van der Waals surface area contributed by atoms with Crippen molar-refractivity contribution in [2.45, 2.75) is 6.42 Å². The summed E-state index contributed by atoms with van der Waals surface area (Å²) in [5.74, 6) is 1.19. The van der Waals surface area contributed by atoms with Gasteiger partial charge in [-0.05, 0) is 47.7 Å². The highest BCUT2D eigenvalue weighted by Crippen LogP contribution is 2.26. The van der Waals surface area contributed by atoms with E-state index in [1.165, 1.54) is 0 Å². The zero-order valence-electron chi connectivity index (χ0n) is 13.8. The van der Waals surface area contributed by atoms with Gasteiger partial charge in [-0.2, -0.15) is 0 Å². The molecule has 26 heavy (non-hydrogen) atoms. The van der Waals surface area contributed by atoms with Gasteiger partial charge in [-0.15, -0.1) is 0 Å². The van der Waals surface area contributed by atoms with Crippen LogP contribution < -0.4 is 14.8 Å². The van der Waals surface area contributed by atoms with E-state index in [4.69, 9.17) is 26.5 Å². The van der Waals surface area contributed by atoms with Crippen LogP contribution in [0.15, 0.2) is 53.4 Å². The molecule has 2 aromatic carbocycles. The number of amides is 1. The van der Waals surface area contributed by atoms with Crippen LogP contribution in [-0.4, -0.2) is 24.3 Å². The van der Waals surface area contributed by atoms with Crippen molar-refractivity contribution in [3.8, 4) is 11.5 Å². The number of benzene rings is 2. The van der Waals surface area contributed by atoms with Gasteiger partial charge in [-0.1, -0.05) is 35.9 Å². The van der Waals surface area contributed by atoms with Crippen LogP contribution in [0.25, 0.3) is 6.08 Å². The van der Waals surface area contributed by atoms with E-state index in [-0.39, 0.29) is 11.1 Å². The minimum absolute atomic E-state index is 0.153. The maximum absolute atomic E-state index is 11.6. The zero-order chi connectivity index (χ0) is 18.4. The lowest BCUT2D eigenvalue weighted by Crippen LogP contribution is -2.18. The molecule has 0 radical (unpaired) electrons. The van der Waals surface area contributed by atoms with E-state index < -0.39 is 0 Å². The van der Waals surface area contributed by atoms with E-state index in [1.807, 2.05) is 42.5 Å². The van der Waals surface area contributed by atoms with Crippen LogP contribution in [-0.2, 0) is 4.79 Å². The van der Waals surface area contributed by atoms with Crippen molar-refractivity contribution in [1.29, 1.82) is 5.41 Å². The Bertz CT molecular complexity index is 837. The smallest absolute Gasteiger partial charge is 0.264 e. The molecule has 134 valence electrons. The highest BCUT2D eigenvalue weighted by Gasteiger charge is 2.21. The Labute approximate surface area is 160 Å².